The Hall–Kier alpha value is -2.04. The van der Waals surface area contributed by atoms with Gasteiger partial charge in [0.2, 0.25) is 0 Å². The fourth-order valence-electron chi connectivity index (χ4n) is 3.75. The van der Waals surface area contributed by atoms with Crippen LogP contribution in [0.15, 0.2) is 53.5 Å². The molecule has 1 saturated heterocycles. The van der Waals surface area contributed by atoms with Gasteiger partial charge in [-0.1, -0.05) is 36.4 Å². The first-order valence-corrected chi connectivity index (χ1v) is 11.2. The molecule has 0 amide bonds. The zero-order valence-corrected chi connectivity index (χ0v) is 22.4. The number of hydrogen-bond donors (Lipinski definition) is 2. The van der Waals surface area contributed by atoms with Crippen LogP contribution in [0.4, 0.5) is 0 Å². The Morgan fingerprint density at radius 3 is 2.64 bits per heavy atom. The van der Waals surface area contributed by atoms with Crippen LogP contribution in [0.25, 0.3) is 0 Å². The smallest absolute Gasteiger partial charge is 0.191 e. The van der Waals surface area contributed by atoms with E-state index < -0.39 is 0 Å². The largest absolute Gasteiger partial charge is 0.493 e. The molecule has 182 valence electrons. The molecule has 7 nitrogen and oxygen atoms in total. The van der Waals surface area contributed by atoms with Crippen molar-refractivity contribution < 1.29 is 14.2 Å². The lowest BCUT2D eigenvalue weighted by molar-refractivity contribution is -0.0212. The summed E-state index contributed by atoms with van der Waals surface area (Å²) in [5, 5.41) is 6.72. The average Bonchev–Trinajstić information content (AvgIpc) is 2.80. The van der Waals surface area contributed by atoms with Gasteiger partial charge in [0.15, 0.2) is 17.5 Å². The van der Waals surface area contributed by atoms with Gasteiger partial charge in [-0.2, -0.15) is 0 Å². The maximum absolute atomic E-state index is 6.01. The SMILES string of the molecule is CN=C(NCc1cccc(CN2CCOC(C)C2)c1)NCC(C)Oc1ccccc1OC.I. The Morgan fingerprint density at radius 1 is 1.15 bits per heavy atom. The van der Waals surface area contributed by atoms with E-state index in [4.69, 9.17) is 14.2 Å². The Kier molecular flexibility index (Phi) is 11.8. The Bertz CT molecular complexity index is 880. The molecule has 2 N–H and O–H groups in total. The van der Waals surface area contributed by atoms with E-state index in [1.807, 2.05) is 31.2 Å². The highest BCUT2D eigenvalue weighted by Crippen LogP contribution is 2.26. The summed E-state index contributed by atoms with van der Waals surface area (Å²) >= 11 is 0. The maximum Gasteiger partial charge on any atom is 0.191 e. The predicted octanol–water partition coefficient (Wildman–Crippen LogP) is 3.67. The van der Waals surface area contributed by atoms with Gasteiger partial charge in [0.25, 0.3) is 0 Å². The molecule has 8 heteroatoms. The van der Waals surface area contributed by atoms with E-state index in [0.717, 1.165) is 43.7 Å². The molecule has 1 aliphatic heterocycles. The molecule has 0 aliphatic carbocycles. The van der Waals surface area contributed by atoms with E-state index in [2.05, 4.69) is 51.7 Å². The summed E-state index contributed by atoms with van der Waals surface area (Å²) in [7, 11) is 3.42. The van der Waals surface area contributed by atoms with E-state index in [1.165, 1.54) is 11.1 Å². The molecule has 33 heavy (non-hydrogen) atoms. The number of halogens is 1. The van der Waals surface area contributed by atoms with E-state index in [-0.39, 0.29) is 30.1 Å². The normalized spacial score (nSPS) is 17.6. The van der Waals surface area contributed by atoms with Crippen LogP contribution in [0.2, 0.25) is 0 Å². The second-order valence-corrected chi connectivity index (χ2v) is 8.12. The Morgan fingerprint density at radius 2 is 1.91 bits per heavy atom. The second-order valence-electron chi connectivity index (χ2n) is 8.12. The van der Waals surface area contributed by atoms with Crippen LogP contribution in [-0.4, -0.2) is 63.5 Å². The number of morpholine rings is 1. The van der Waals surface area contributed by atoms with E-state index >= 15 is 0 Å². The predicted molar refractivity (Wildman–Crippen MR) is 144 cm³/mol. The van der Waals surface area contributed by atoms with Crippen molar-refractivity contribution in [2.24, 2.45) is 4.99 Å². The van der Waals surface area contributed by atoms with Crippen molar-refractivity contribution in [2.75, 3.05) is 40.4 Å². The molecule has 0 spiro atoms. The number of rotatable bonds is 9. The molecule has 2 aromatic carbocycles. The molecule has 1 heterocycles. The summed E-state index contributed by atoms with van der Waals surface area (Å²) in [5.41, 5.74) is 2.55. The van der Waals surface area contributed by atoms with Gasteiger partial charge >= 0.3 is 0 Å². The molecule has 2 atom stereocenters. The standard InChI is InChI=1S/C25H36N4O3.HI/c1-19(32-24-11-6-5-10-23(24)30-4)15-27-25(26-3)28-16-21-8-7-9-22(14-21)18-29-12-13-31-20(2)17-29;/h5-11,14,19-20H,12-13,15-18H2,1-4H3,(H2,26,27,28);1H. The number of benzene rings is 2. The van der Waals surface area contributed by atoms with Crippen molar-refractivity contribution in [2.45, 2.75) is 39.1 Å². The zero-order chi connectivity index (χ0) is 22.8. The van der Waals surface area contributed by atoms with Gasteiger partial charge in [0.05, 0.1) is 26.4 Å². The third-order valence-corrected chi connectivity index (χ3v) is 5.36. The van der Waals surface area contributed by atoms with Crippen LogP contribution in [-0.2, 0) is 17.8 Å². The van der Waals surface area contributed by atoms with Crippen molar-refractivity contribution in [3.8, 4) is 11.5 Å². The quantitative estimate of drug-likeness (QED) is 0.274. The third-order valence-electron chi connectivity index (χ3n) is 5.36. The number of nitrogens with zero attached hydrogens (tertiary/aromatic N) is 2. The summed E-state index contributed by atoms with van der Waals surface area (Å²) in [6.07, 6.45) is 0.251. The van der Waals surface area contributed by atoms with Crippen molar-refractivity contribution in [1.29, 1.82) is 0 Å². The molecule has 0 bridgehead atoms. The number of aliphatic imine (C=N–C) groups is 1. The molecular formula is C25H37IN4O3. The van der Waals surface area contributed by atoms with Crippen LogP contribution < -0.4 is 20.1 Å². The van der Waals surface area contributed by atoms with Crippen molar-refractivity contribution in [3.05, 3.63) is 59.7 Å². The van der Waals surface area contributed by atoms with Gasteiger partial charge in [-0.05, 0) is 37.1 Å². The minimum atomic E-state index is -0.0518. The topological polar surface area (TPSA) is 67.4 Å². The van der Waals surface area contributed by atoms with Gasteiger partial charge < -0.3 is 24.8 Å². The van der Waals surface area contributed by atoms with Crippen LogP contribution in [0, 0.1) is 0 Å². The lowest BCUT2D eigenvalue weighted by atomic mass is 10.1. The molecular weight excluding hydrogens is 531 g/mol. The first-order chi connectivity index (χ1) is 15.6. The fraction of sp³-hybridized carbons (Fsp3) is 0.480. The van der Waals surface area contributed by atoms with Crippen molar-refractivity contribution >= 4 is 29.9 Å². The first kappa shape index (κ1) is 27.2. The summed E-state index contributed by atoms with van der Waals surface area (Å²) in [5.74, 6) is 2.21. The summed E-state index contributed by atoms with van der Waals surface area (Å²) in [4.78, 5) is 6.78. The number of nitrogens with one attached hydrogen (secondary N) is 2. The number of methoxy groups -OCH3 is 1. The highest BCUT2D eigenvalue weighted by atomic mass is 127. The van der Waals surface area contributed by atoms with Crippen LogP contribution in [0.3, 0.4) is 0 Å². The highest BCUT2D eigenvalue weighted by Gasteiger charge is 2.16. The fourth-order valence-corrected chi connectivity index (χ4v) is 3.75. The molecule has 0 saturated carbocycles. The van der Waals surface area contributed by atoms with Gasteiger partial charge in [-0.15, -0.1) is 24.0 Å². The molecule has 3 rings (SSSR count). The first-order valence-electron chi connectivity index (χ1n) is 11.2. The molecule has 2 unspecified atom stereocenters. The molecule has 1 aliphatic rings. The number of para-hydroxylation sites is 2. The second kappa shape index (κ2) is 14.3. The average molecular weight is 569 g/mol. The van der Waals surface area contributed by atoms with Crippen molar-refractivity contribution in [3.63, 3.8) is 0 Å². The van der Waals surface area contributed by atoms with E-state index in [0.29, 0.717) is 19.2 Å². The van der Waals surface area contributed by atoms with Gasteiger partial charge in [-0.3, -0.25) is 9.89 Å². The van der Waals surface area contributed by atoms with E-state index in [1.54, 1.807) is 14.2 Å². The summed E-state index contributed by atoms with van der Waals surface area (Å²) in [6.45, 7) is 9.19. The zero-order valence-electron chi connectivity index (χ0n) is 20.0. The molecule has 1 fully saturated rings. The number of ether oxygens (including phenoxy) is 3. The monoisotopic (exact) mass is 568 g/mol. The minimum Gasteiger partial charge on any atom is -0.493 e. The molecule has 0 aromatic heterocycles. The molecule has 0 radical (unpaired) electrons. The van der Waals surface area contributed by atoms with Crippen LogP contribution >= 0.6 is 24.0 Å². The lowest BCUT2D eigenvalue weighted by Crippen LogP contribution is -2.41. The number of hydrogen-bond acceptors (Lipinski definition) is 5. The van der Waals surface area contributed by atoms with Gasteiger partial charge in [0.1, 0.15) is 6.10 Å². The van der Waals surface area contributed by atoms with Gasteiger partial charge in [-0.25, -0.2) is 0 Å². The highest BCUT2D eigenvalue weighted by molar-refractivity contribution is 14.0. The molecule has 2 aromatic rings. The Labute approximate surface area is 214 Å². The Balaban J connectivity index is 0.00000385. The minimum absolute atomic E-state index is 0. The van der Waals surface area contributed by atoms with Crippen LogP contribution in [0.5, 0.6) is 11.5 Å². The van der Waals surface area contributed by atoms with E-state index in [9.17, 15) is 0 Å². The number of guanidine groups is 1. The van der Waals surface area contributed by atoms with Gasteiger partial charge in [0, 0.05) is 33.2 Å². The van der Waals surface area contributed by atoms with Crippen LogP contribution in [0.1, 0.15) is 25.0 Å². The summed E-state index contributed by atoms with van der Waals surface area (Å²) in [6, 6.07) is 16.4. The summed E-state index contributed by atoms with van der Waals surface area (Å²) < 4.78 is 17.0. The third kappa shape index (κ3) is 9.02. The maximum atomic E-state index is 6.01. The van der Waals surface area contributed by atoms with Crippen molar-refractivity contribution in [1.82, 2.24) is 15.5 Å². The lowest BCUT2D eigenvalue weighted by Gasteiger charge is -2.31.